The zero-order valence-electron chi connectivity index (χ0n) is 13.4. The van der Waals surface area contributed by atoms with Crippen molar-refractivity contribution in [3.05, 3.63) is 50.1 Å². The van der Waals surface area contributed by atoms with Gasteiger partial charge < -0.3 is 14.5 Å². The topological polar surface area (TPSA) is 34.0 Å². The largest absolute Gasteiger partial charge is 0.494 e. The van der Waals surface area contributed by atoms with E-state index in [1.807, 2.05) is 4.90 Å². The van der Waals surface area contributed by atoms with Gasteiger partial charge in [-0.15, -0.1) is 0 Å². The molecule has 2 heterocycles. The molecule has 0 saturated carbocycles. The van der Waals surface area contributed by atoms with E-state index in [4.69, 9.17) is 27.9 Å². The minimum absolute atomic E-state index is 0.0314. The molecule has 2 aromatic rings. The third-order valence-electron chi connectivity index (χ3n) is 4.24. The predicted molar refractivity (Wildman–Crippen MR) is 97.6 cm³/mol. The quantitative estimate of drug-likeness (QED) is 0.877. The second-order valence-corrected chi connectivity index (χ2v) is 7.42. The number of amides is 1. The molecule has 1 fully saturated rings. The number of benzene rings is 1. The lowest BCUT2D eigenvalue weighted by atomic mass is 10.1. The summed E-state index contributed by atoms with van der Waals surface area (Å²) in [6.45, 7) is 4.38. The highest BCUT2D eigenvalue weighted by Crippen LogP contribution is 2.34. The number of piperazine rings is 1. The lowest BCUT2D eigenvalue weighted by Gasteiger charge is -2.32. The standard InChI is InChI=1S/C17H18Cl2N2O2S/c1-23-16-14(18)8-13(9-15(16)19)17(22)21-5-3-20(4-6-21)10-12-2-7-24-11-12/h2,7-9,11H,3-6,10H2,1H3/p+1. The number of hydrogen-bond donors (Lipinski definition) is 1. The highest BCUT2D eigenvalue weighted by atomic mass is 35.5. The molecule has 1 saturated heterocycles. The number of nitrogens with zero attached hydrogens (tertiary/aromatic N) is 1. The summed E-state index contributed by atoms with van der Waals surface area (Å²) in [4.78, 5) is 16.1. The summed E-state index contributed by atoms with van der Waals surface area (Å²) in [5, 5.41) is 5.00. The monoisotopic (exact) mass is 385 g/mol. The number of halogens is 2. The van der Waals surface area contributed by atoms with Gasteiger partial charge >= 0.3 is 0 Å². The highest BCUT2D eigenvalue weighted by Gasteiger charge is 2.25. The van der Waals surface area contributed by atoms with E-state index in [0.29, 0.717) is 21.4 Å². The summed E-state index contributed by atoms with van der Waals surface area (Å²) in [7, 11) is 1.50. The van der Waals surface area contributed by atoms with Crippen LogP contribution in [0.2, 0.25) is 10.0 Å². The van der Waals surface area contributed by atoms with E-state index in [-0.39, 0.29) is 5.91 Å². The Morgan fingerprint density at radius 1 is 1.29 bits per heavy atom. The molecule has 7 heteroatoms. The first-order chi connectivity index (χ1) is 11.6. The van der Waals surface area contributed by atoms with E-state index in [1.165, 1.54) is 17.6 Å². The van der Waals surface area contributed by atoms with E-state index >= 15 is 0 Å². The Morgan fingerprint density at radius 2 is 1.96 bits per heavy atom. The van der Waals surface area contributed by atoms with Crippen molar-refractivity contribution in [2.45, 2.75) is 6.54 Å². The summed E-state index contributed by atoms with van der Waals surface area (Å²) >= 11 is 14.0. The fraction of sp³-hybridized carbons (Fsp3) is 0.353. The average molecular weight is 386 g/mol. The number of carbonyl (C=O) groups excluding carboxylic acids is 1. The number of ether oxygens (including phenoxy) is 1. The molecule has 1 aliphatic heterocycles. The first-order valence-corrected chi connectivity index (χ1v) is 9.45. The van der Waals surface area contributed by atoms with Gasteiger partial charge in [0.05, 0.1) is 43.3 Å². The smallest absolute Gasteiger partial charge is 0.254 e. The lowest BCUT2D eigenvalue weighted by Crippen LogP contribution is -3.13. The molecule has 1 aromatic carbocycles. The minimum atomic E-state index is -0.0314. The molecule has 1 aliphatic rings. The number of thiophene rings is 1. The maximum Gasteiger partial charge on any atom is 0.254 e. The fourth-order valence-corrected chi connectivity index (χ4v) is 4.26. The van der Waals surface area contributed by atoms with Gasteiger partial charge in [-0.2, -0.15) is 11.3 Å². The van der Waals surface area contributed by atoms with E-state index in [1.54, 1.807) is 23.5 Å². The Morgan fingerprint density at radius 3 is 2.50 bits per heavy atom. The number of quaternary nitrogens is 1. The van der Waals surface area contributed by atoms with Crippen molar-refractivity contribution < 1.29 is 14.4 Å². The molecule has 0 bridgehead atoms. The second-order valence-electron chi connectivity index (χ2n) is 5.82. The molecule has 1 amide bonds. The van der Waals surface area contributed by atoms with Gasteiger partial charge in [-0.1, -0.05) is 23.2 Å². The van der Waals surface area contributed by atoms with Crippen LogP contribution in [0.3, 0.4) is 0 Å². The molecule has 24 heavy (non-hydrogen) atoms. The van der Waals surface area contributed by atoms with Gasteiger partial charge in [0.25, 0.3) is 5.91 Å². The molecule has 128 valence electrons. The van der Waals surface area contributed by atoms with E-state index in [2.05, 4.69) is 16.8 Å². The van der Waals surface area contributed by atoms with Crippen molar-refractivity contribution in [1.29, 1.82) is 0 Å². The van der Waals surface area contributed by atoms with E-state index in [9.17, 15) is 4.79 Å². The molecule has 0 aliphatic carbocycles. The first kappa shape index (κ1) is 17.5. The molecule has 0 unspecified atom stereocenters. The lowest BCUT2D eigenvalue weighted by molar-refractivity contribution is -0.917. The first-order valence-electron chi connectivity index (χ1n) is 7.75. The molecule has 4 nitrogen and oxygen atoms in total. The van der Waals surface area contributed by atoms with Gasteiger partial charge in [0.1, 0.15) is 6.54 Å². The minimum Gasteiger partial charge on any atom is -0.494 e. The van der Waals surface area contributed by atoms with Crippen LogP contribution in [0, 0.1) is 0 Å². The summed E-state index contributed by atoms with van der Waals surface area (Å²) in [6.07, 6.45) is 0. The normalized spacial score (nSPS) is 15.5. The van der Waals surface area contributed by atoms with Crippen LogP contribution in [-0.4, -0.2) is 44.1 Å². The van der Waals surface area contributed by atoms with E-state index in [0.717, 1.165) is 32.7 Å². The zero-order valence-corrected chi connectivity index (χ0v) is 15.7. The van der Waals surface area contributed by atoms with Gasteiger partial charge in [-0.05, 0) is 29.0 Å². The van der Waals surface area contributed by atoms with Crippen LogP contribution in [0.15, 0.2) is 29.0 Å². The Bertz CT molecular complexity index is 690. The Kier molecular flexibility index (Phi) is 5.66. The van der Waals surface area contributed by atoms with Gasteiger partial charge in [-0.25, -0.2) is 0 Å². The van der Waals surface area contributed by atoms with Crippen molar-refractivity contribution in [3.63, 3.8) is 0 Å². The van der Waals surface area contributed by atoms with Crippen LogP contribution in [-0.2, 0) is 6.54 Å². The van der Waals surface area contributed by atoms with Crippen LogP contribution >= 0.6 is 34.5 Å². The predicted octanol–water partition coefficient (Wildman–Crippen LogP) is 2.60. The van der Waals surface area contributed by atoms with Crippen LogP contribution in [0.4, 0.5) is 0 Å². The number of hydrogen-bond acceptors (Lipinski definition) is 3. The third-order valence-corrected chi connectivity index (χ3v) is 5.53. The van der Waals surface area contributed by atoms with Crippen molar-refractivity contribution in [3.8, 4) is 5.75 Å². The molecule has 1 N–H and O–H groups in total. The Hall–Kier alpha value is -1.27. The fourth-order valence-electron chi connectivity index (χ4n) is 2.95. The average Bonchev–Trinajstić information content (AvgIpc) is 3.07. The van der Waals surface area contributed by atoms with Crippen LogP contribution in [0.1, 0.15) is 15.9 Å². The van der Waals surface area contributed by atoms with Gasteiger partial charge in [-0.3, -0.25) is 4.79 Å². The summed E-state index contributed by atoms with van der Waals surface area (Å²) in [5.41, 5.74) is 1.87. The molecule has 3 rings (SSSR count). The molecular weight excluding hydrogens is 367 g/mol. The summed E-state index contributed by atoms with van der Waals surface area (Å²) < 4.78 is 5.13. The molecule has 0 atom stereocenters. The van der Waals surface area contributed by atoms with Gasteiger partial charge in [0, 0.05) is 11.1 Å². The molecule has 0 radical (unpaired) electrons. The van der Waals surface area contributed by atoms with Crippen molar-refractivity contribution in [2.75, 3.05) is 33.3 Å². The van der Waals surface area contributed by atoms with Gasteiger partial charge in [0.15, 0.2) is 5.75 Å². The molecule has 1 aromatic heterocycles. The Balaban J connectivity index is 1.63. The molecule has 0 spiro atoms. The number of carbonyl (C=O) groups is 1. The number of methoxy groups -OCH3 is 1. The SMILES string of the molecule is COc1c(Cl)cc(C(=O)N2CC[NH+](Cc3ccsc3)CC2)cc1Cl. The maximum atomic E-state index is 12.7. The Labute approximate surface area is 155 Å². The second kappa shape index (κ2) is 7.74. The summed E-state index contributed by atoms with van der Waals surface area (Å²) in [6, 6.07) is 5.41. The van der Waals surface area contributed by atoms with Crippen molar-refractivity contribution in [2.24, 2.45) is 0 Å². The van der Waals surface area contributed by atoms with Crippen molar-refractivity contribution >= 4 is 40.4 Å². The van der Waals surface area contributed by atoms with Crippen LogP contribution < -0.4 is 9.64 Å². The highest BCUT2D eigenvalue weighted by molar-refractivity contribution is 7.07. The number of nitrogens with one attached hydrogen (secondary N) is 1. The molecular formula is C17H19Cl2N2O2S+. The maximum absolute atomic E-state index is 12.7. The van der Waals surface area contributed by atoms with E-state index < -0.39 is 0 Å². The van der Waals surface area contributed by atoms with Crippen LogP contribution in [0.5, 0.6) is 5.75 Å². The summed E-state index contributed by atoms with van der Waals surface area (Å²) in [5.74, 6) is 0.371. The zero-order chi connectivity index (χ0) is 17.1. The van der Waals surface area contributed by atoms with Crippen molar-refractivity contribution in [1.82, 2.24) is 4.90 Å². The van der Waals surface area contributed by atoms with Gasteiger partial charge in [0.2, 0.25) is 0 Å². The third kappa shape index (κ3) is 3.86. The number of rotatable bonds is 4. The van der Waals surface area contributed by atoms with Crippen LogP contribution in [0.25, 0.3) is 0 Å².